The van der Waals surface area contributed by atoms with E-state index in [0.717, 1.165) is 30.9 Å². The van der Waals surface area contributed by atoms with E-state index in [-0.39, 0.29) is 6.04 Å². The van der Waals surface area contributed by atoms with Crippen LogP contribution in [-0.2, 0) is 6.54 Å². The molecular weight excluding hydrogens is 276 g/mol. The molecule has 1 unspecified atom stereocenters. The van der Waals surface area contributed by atoms with Gasteiger partial charge in [-0.05, 0) is 26.7 Å². The predicted molar refractivity (Wildman–Crippen MR) is 80.0 cm³/mol. The van der Waals surface area contributed by atoms with E-state index < -0.39 is 0 Å². The highest BCUT2D eigenvalue weighted by Crippen LogP contribution is 2.28. The van der Waals surface area contributed by atoms with Crippen LogP contribution >= 0.6 is 11.6 Å². The maximum atomic E-state index is 6.34. The molecule has 20 heavy (non-hydrogen) atoms. The average Bonchev–Trinajstić information content (AvgIpc) is 3.04. The lowest BCUT2D eigenvalue weighted by Crippen LogP contribution is -2.27. The van der Waals surface area contributed by atoms with Crippen molar-refractivity contribution < 1.29 is 4.42 Å². The molecule has 0 radical (unpaired) electrons. The van der Waals surface area contributed by atoms with Gasteiger partial charge in [-0.1, -0.05) is 18.5 Å². The van der Waals surface area contributed by atoms with Crippen LogP contribution in [0.2, 0.25) is 5.02 Å². The molecular formula is C14H21ClN4O. The highest BCUT2D eigenvalue weighted by atomic mass is 35.5. The number of hydrogen-bond acceptors (Lipinski definition) is 4. The summed E-state index contributed by atoms with van der Waals surface area (Å²) in [7, 11) is 4.09. The molecule has 0 aliphatic rings. The van der Waals surface area contributed by atoms with Gasteiger partial charge >= 0.3 is 0 Å². The van der Waals surface area contributed by atoms with Crippen LogP contribution in [0.5, 0.6) is 0 Å². The molecule has 2 heterocycles. The van der Waals surface area contributed by atoms with Gasteiger partial charge in [0, 0.05) is 12.1 Å². The van der Waals surface area contributed by atoms with Crippen LogP contribution in [0.4, 0.5) is 0 Å². The van der Waals surface area contributed by atoms with E-state index in [0.29, 0.717) is 5.02 Å². The molecule has 2 rings (SSSR count). The number of furan rings is 1. The van der Waals surface area contributed by atoms with E-state index in [4.69, 9.17) is 16.0 Å². The van der Waals surface area contributed by atoms with E-state index in [1.54, 1.807) is 18.7 Å². The summed E-state index contributed by atoms with van der Waals surface area (Å²) in [5, 5.41) is 8.50. The molecule has 5 nitrogen and oxygen atoms in total. The molecule has 1 N–H and O–H groups in total. The number of rotatable bonds is 7. The normalized spacial score (nSPS) is 13.1. The first-order chi connectivity index (χ1) is 9.63. The van der Waals surface area contributed by atoms with Crippen molar-refractivity contribution in [2.45, 2.75) is 19.5 Å². The molecule has 0 saturated carbocycles. The number of aromatic nitrogens is 2. The third-order valence-corrected chi connectivity index (χ3v) is 3.44. The van der Waals surface area contributed by atoms with Crippen molar-refractivity contribution in [1.29, 1.82) is 0 Å². The minimum atomic E-state index is -0.00378. The Balaban J connectivity index is 2.30. The molecule has 0 bridgehead atoms. The summed E-state index contributed by atoms with van der Waals surface area (Å²) < 4.78 is 7.16. The van der Waals surface area contributed by atoms with Crippen molar-refractivity contribution in [3.8, 4) is 0 Å². The van der Waals surface area contributed by atoms with E-state index >= 15 is 0 Å². The molecule has 2 aromatic heterocycles. The molecule has 0 amide bonds. The maximum absolute atomic E-state index is 6.34. The molecule has 110 valence electrons. The van der Waals surface area contributed by atoms with Gasteiger partial charge in [0.05, 0.1) is 42.0 Å². The Morgan fingerprint density at radius 1 is 1.50 bits per heavy atom. The van der Waals surface area contributed by atoms with Crippen molar-refractivity contribution >= 4 is 11.6 Å². The smallest absolute Gasteiger partial charge is 0.0954 e. The largest absolute Gasteiger partial charge is 0.472 e. The fourth-order valence-electron chi connectivity index (χ4n) is 2.15. The third-order valence-electron chi connectivity index (χ3n) is 3.15. The molecule has 6 heteroatoms. The Morgan fingerprint density at radius 2 is 2.30 bits per heavy atom. The Kier molecular flexibility index (Phi) is 5.23. The first-order valence-electron chi connectivity index (χ1n) is 6.75. The lowest BCUT2D eigenvalue weighted by Gasteiger charge is -2.20. The summed E-state index contributed by atoms with van der Waals surface area (Å²) in [6, 6.07) is 1.95. The Labute approximate surface area is 124 Å². The van der Waals surface area contributed by atoms with Crippen molar-refractivity contribution in [2.24, 2.45) is 0 Å². The van der Waals surface area contributed by atoms with Crippen molar-refractivity contribution in [3.05, 3.63) is 41.1 Å². The van der Waals surface area contributed by atoms with Gasteiger partial charge in [-0.2, -0.15) is 5.10 Å². The first-order valence-corrected chi connectivity index (χ1v) is 7.12. The number of nitrogens with zero attached hydrogens (tertiary/aromatic N) is 3. The van der Waals surface area contributed by atoms with Gasteiger partial charge in [0.25, 0.3) is 0 Å². The molecule has 2 aromatic rings. The highest BCUT2D eigenvalue weighted by molar-refractivity contribution is 6.31. The van der Waals surface area contributed by atoms with E-state index in [2.05, 4.69) is 22.2 Å². The minimum Gasteiger partial charge on any atom is -0.472 e. The van der Waals surface area contributed by atoms with Gasteiger partial charge in [0.15, 0.2) is 0 Å². The highest BCUT2D eigenvalue weighted by Gasteiger charge is 2.22. The zero-order valence-corrected chi connectivity index (χ0v) is 12.9. The number of likely N-dealkylation sites (N-methyl/N-ethyl adjacent to an activating group) is 1. The topological polar surface area (TPSA) is 46.2 Å². The third kappa shape index (κ3) is 3.42. The van der Waals surface area contributed by atoms with Crippen LogP contribution in [0.25, 0.3) is 0 Å². The second-order valence-electron chi connectivity index (χ2n) is 4.95. The minimum absolute atomic E-state index is 0.00378. The van der Waals surface area contributed by atoms with Crippen LogP contribution < -0.4 is 5.32 Å². The van der Waals surface area contributed by atoms with Crippen molar-refractivity contribution in [1.82, 2.24) is 20.0 Å². The Morgan fingerprint density at radius 3 is 2.90 bits per heavy atom. The maximum Gasteiger partial charge on any atom is 0.0954 e. The van der Waals surface area contributed by atoms with Crippen LogP contribution in [0.15, 0.2) is 29.2 Å². The van der Waals surface area contributed by atoms with Gasteiger partial charge in [0.1, 0.15) is 0 Å². The fourth-order valence-corrected chi connectivity index (χ4v) is 2.40. The predicted octanol–water partition coefficient (Wildman–Crippen LogP) is 2.39. The Bertz CT molecular complexity index is 521. The quantitative estimate of drug-likeness (QED) is 0.852. The zero-order valence-electron chi connectivity index (χ0n) is 12.1. The molecule has 0 saturated heterocycles. The van der Waals surface area contributed by atoms with E-state index in [1.807, 2.05) is 24.8 Å². The van der Waals surface area contributed by atoms with Crippen LogP contribution in [0.3, 0.4) is 0 Å². The zero-order chi connectivity index (χ0) is 14.5. The number of hydrogen-bond donors (Lipinski definition) is 1. The van der Waals surface area contributed by atoms with Gasteiger partial charge < -0.3 is 14.6 Å². The first kappa shape index (κ1) is 15.1. The second-order valence-corrected chi connectivity index (χ2v) is 5.36. The molecule has 0 fully saturated rings. The molecule has 1 atom stereocenters. The van der Waals surface area contributed by atoms with Gasteiger partial charge in [-0.15, -0.1) is 0 Å². The average molecular weight is 297 g/mol. The fraction of sp³-hybridized carbons (Fsp3) is 0.500. The summed E-state index contributed by atoms with van der Waals surface area (Å²) in [4.78, 5) is 2.12. The summed E-state index contributed by atoms with van der Waals surface area (Å²) in [5.74, 6) is 0. The molecule has 0 aliphatic carbocycles. The van der Waals surface area contributed by atoms with E-state index in [9.17, 15) is 0 Å². The summed E-state index contributed by atoms with van der Waals surface area (Å²) in [5.41, 5.74) is 2.04. The number of halogens is 1. The second kappa shape index (κ2) is 6.92. The van der Waals surface area contributed by atoms with E-state index in [1.165, 1.54) is 0 Å². The van der Waals surface area contributed by atoms with Gasteiger partial charge in [0.2, 0.25) is 0 Å². The van der Waals surface area contributed by atoms with Crippen LogP contribution in [0, 0.1) is 0 Å². The molecule has 0 aliphatic heterocycles. The SMILES string of the molecule is CCNC(c1ccoc1)c1c(Cl)cnn1CCN(C)C. The van der Waals surface area contributed by atoms with Crippen LogP contribution in [0.1, 0.15) is 24.2 Å². The monoisotopic (exact) mass is 296 g/mol. The van der Waals surface area contributed by atoms with Crippen molar-refractivity contribution in [2.75, 3.05) is 27.2 Å². The summed E-state index contributed by atoms with van der Waals surface area (Å²) in [6.45, 7) is 4.62. The summed E-state index contributed by atoms with van der Waals surface area (Å²) >= 11 is 6.34. The lowest BCUT2D eigenvalue weighted by atomic mass is 10.1. The molecule has 0 spiro atoms. The van der Waals surface area contributed by atoms with Gasteiger partial charge in [-0.25, -0.2) is 0 Å². The van der Waals surface area contributed by atoms with Gasteiger partial charge in [-0.3, -0.25) is 4.68 Å². The number of nitrogens with one attached hydrogen (secondary N) is 1. The Hall–Kier alpha value is -1.30. The summed E-state index contributed by atoms with van der Waals surface area (Å²) in [6.07, 6.45) is 5.12. The standard InChI is InChI=1S/C14H21ClN4O/c1-4-16-13(11-5-8-20-10-11)14-12(15)9-17-19(14)7-6-18(2)3/h5,8-10,13,16H,4,6-7H2,1-3H3. The lowest BCUT2D eigenvalue weighted by molar-refractivity contribution is 0.365. The van der Waals surface area contributed by atoms with Crippen LogP contribution in [-0.4, -0.2) is 41.9 Å². The molecule has 0 aromatic carbocycles. The van der Waals surface area contributed by atoms with Crippen molar-refractivity contribution in [3.63, 3.8) is 0 Å².